The lowest BCUT2D eigenvalue weighted by Crippen LogP contribution is -2.53. The van der Waals surface area contributed by atoms with Crippen LogP contribution in [-0.2, 0) is 35.9 Å². The van der Waals surface area contributed by atoms with Gasteiger partial charge < -0.3 is 24.2 Å². The molecule has 10 heteroatoms. The smallest absolute Gasteiger partial charge is 0.329 e. The largest absolute Gasteiger partial charge is 0.485 e. The van der Waals surface area contributed by atoms with E-state index >= 15 is 0 Å². The van der Waals surface area contributed by atoms with Crippen LogP contribution in [0.4, 0.5) is 0 Å². The maximum atomic E-state index is 13.7. The second kappa shape index (κ2) is 12.3. The Labute approximate surface area is 233 Å². The molecule has 1 aliphatic heterocycles. The van der Waals surface area contributed by atoms with Crippen molar-refractivity contribution in [2.24, 2.45) is 5.92 Å². The van der Waals surface area contributed by atoms with Crippen molar-refractivity contribution in [3.05, 3.63) is 35.2 Å². The molecule has 1 fully saturated rings. The Kier molecular flexibility index (Phi) is 9.61. The summed E-state index contributed by atoms with van der Waals surface area (Å²) >= 11 is 0. The zero-order valence-electron chi connectivity index (χ0n) is 24.6. The van der Waals surface area contributed by atoms with Crippen molar-refractivity contribution in [1.82, 2.24) is 20.4 Å². The lowest BCUT2D eigenvalue weighted by molar-refractivity contribution is -0.163. The first-order chi connectivity index (χ1) is 18.2. The van der Waals surface area contributed by atoms with Crippen molar-refractivity contribution in [2.75, 3.05) is 6.54 Å². The van der Waals surface area contributed by atoms with Crippen molar-refractivity contribution in [2.45, 2.75) is 117 Å². The van der Waals surface area contributed by atoms with E-state index in [9.17, 15) is 14.4 Å². The average Bonchev–Trinajstić information content (AvgIpc) is 3.50. The molecule has 3 rings (SSSR count). The molecule has 1 saturated heterocycles. The van der Waals surface area contributed by atoms with Gasteiger partial charge in [0.15, 0.2) is 6.61 Å². The van der Waals surface area contributed by atoms with Crippen LogP contribution in [0, 0.1) is 5.92 Å². The Hall–Kier alpha value is -3.17. The first-order valence-corrected chi connectivity index (χ1v) is 13.9. The molecular weight excluding hydrogens is 500 g/mol. The first-order valence-electron chi connectivity index (χ1n) is 13.9. The van der Waals surface area contributed by atoms with Gasteiger partial charge in [0.25, 0.3) is 5.91 Å². The topological polar surface area (TPSA) is 124 Å². The summed E-state index contributed by atoms with van der Waals surface area (Å²) in [5, 5.41) is 6.92. The fraction of sp³-hybridized carbons (Fsp3) is 0.690. The Balaban J connectivity index is 0.00000560. The van der Waals surface area contributed by atoms with E-state index in [1.807, 2.05) is 46.8 Å². The highest BCUT2D eigenvalue weighted by molar-refractivity contribution is 6.00. The molecule has 1 aliphatic carbocycles. The molecule has 2 amide bonds. The van der Waals surface area contributed by atoms with Crippen molar-refractivity contribution in [3.63, 3.8) is 0 Å². The number of aromatic nitrogens is 2. The Bertz CT molecular complexity index is 1110. The van der Waals surface area contributed by atoms with Crippen LogP contribution >= 0.6 is 0 Å². The standard InChI is InChI=1S/C29H44N4O6.H2/c1-18(2)16-20(25(35)33-15-11-13-21(33)26(36)38-29(6,7)8)30-24(34)19-12-9-10-14-22(19)37-17-23-31-27(39-32-23)28(3,4)5;/h12,14,18,20-21H,9-11,13,15-17H2,1-8H3,(H,30,34);1H/t20-,21-;/m1./s1. The molecule has 0 bridgehead atoms. The van der Waals surface area contributed by atoms with E-state index in [1.165, 1.54) is 0 Å². The quantitative estimate of drug-likeness (QED) is 0.446. The van der Waals surface area contributed by atoms with Crippen LogP contribution in [-0.4, -0.2) is 57.1 Å². The minimum Gasteiger partial charge on any atom is -0.485 e. The highest BCUT2D eigenvalue weighted by Gasteiger charge is 2.40. The van der Waals surface area contributed by atoms with Gasteiger partial charge in [-0.15, -0.1) is 0 Å². The van der Waals surface area contributed by atoms with Crippen LogP contribution in [0.3, 0.4) is 0 Å². The molecule has 39 heavy (non-hydrogen) atoms. The van der Waals surface area contributed by atoms with Gasteiger partial charge in [0.05, 0.1) is 5.57 Å². The molecule has 2 atom stereocenters. The third kappa shape index (κ3) is 8.41. The molecular formula is C29H46N4O6. The van der Waals surface area contributed by atoms with Gasteiger partial charge in [-0.2, -0.15) is 4.98 Å². The maximum Gasteiger partial charge on any atom is 0.329 e. The summed E-state index contributed by atoms with van der Waals surface area (Å²) in [7, 11) is 0. The molecule has 0 radical (unpaired) electrons. The average molecular weight is 547 g/mol. The number of ether oxygens (including phenoxy) is 2. The number of nitrogens with one attached hydrogen (secondary N) is 1. The van der Waals surface area contributed by atoms with E-state index in [0.29, 0.717) is 55.3 Å². The fourth-order valence-electron chi connectivity index (χ4n) is 4.53. The van der Waals surface area contributed by atoms with Crippen LogP contribution < -0.4 is 5.32 Å². The second-order valence-electron chi connectivity index (χ2n) is 12.7. The minimum absolute atomic E-state index is 0. The number of allylic oxidation sites excluding steroid dienone is 2. The number of carbonyl (C=O) groups excluding carboxylic acids is 3. The van der Waals surface area contributed by atoms with Gasteiger partial charge in [0.1, 0.15) is 23.4 Å². The Morgan fingerprint density at radius 1 is 1.15 bits per heavy atom. The molecule has 1 N–H and O–H groups in total. The highest BCUT2D eigenvalue weighted by Crippen LogP contribution is 2.26. The molecule has 2 heterocycles. The number of carbonyl (C=O) groups is 3. The van der Waals surface area contributed by atoms with Crippen LogP contribution in [0.2, 0.25) is 0 Å². The van der Waals surface area contributed by atoms with Crippen molar-refractivity contribution >= 4 is 17.8 Å². The van der Waals surface area contributed by atoms with Gasteiger partial charge in [0.2, 0.25) is 17.6 Å². The van der Waals surface area contributed by atoms with Crippen LogP contribution in [0.5, 0.6) is 0 Å². The van der Waals surface area contributed by atoms with E-state index in [1.54, 1.807) is 25.7 Å². The van der Waals surface area contributed by atoms with E-state index in [0.717, 1.165) is 6.42 Å². The lowest BCUT2D eigenvalue weighted by atomic mass is 9.97. The zero-order chi connectivity index (χ0) is 29.0. The number of likely N-dealkylation sites (tertiary alicyclic amines) is 1. The maximum absolute atomic E-state index is 13.7. The summed E-state index contributed by atoms with van der Waals surface area (Å²) < 4.78 is 16.8. The lowest BCUT2D eigenvalue weighted by Gasteiger charge is -2.31. The van der Waals surface area contributed by atoms with E-state index < -0.39 is 29.6 Å². The minimum atomic E-state index is -0.781. The summed E-state index contributed by atoms with van der Waals surface area (Å²) in [4.78, 5) is 45.9. The van der Waals surface area contributed by atoms with Gasteiger partial charge >= 0.3 is 5.97 Å². The molecule has 1 aromatic rings. The monoisotopic (exact) mass is 546 g/mol. The number of esters is 1. The van der Waals surface area contributed by atoms with E-state index in [-0.39, 0.29) is 25.3 Å². The van der Waals surface area contributed by atoms with Gasteiger partial charge in [-0.25, -0.2) is 4.79 Å². The molecule has 0 unspecified atom stereocenters. The van der Waals surface area contributed by atoms with Crippen molar-refractivity contribution < 1.29 is 29.8 Å². The SMILES string of the molecule is CC(C)C[C@@H](NC(=O)C1=CCCC=C1OCc1noc(C(C)(C)C)n1)C(=O)N1CCC[C@@H]1C(=O)OC(C)(C)C.[HH]. The predicted octanol–water partition coefficient (Wildman–Crippen LogP) is 4.60. The number of amides is 2. The number of hydrogen-bond donors (Lipinski definition) is 1. The number of nitrogens with zero attached hydrogens (tertiary/aromatic N) is 3. The third-order valence-corrected chi connectivity index (χ3v) is 6.35. The normalized spacial score (nSPS) is 18.9. The fourth-order valence-corrected chi connectivity index (χ4v) is 4.53. The molecule has 10 nitrogen and oxygen atoms in total. The van der Waals surface area contributed by atoms with Crippen LogP contribution in [0.1, 0.15) is 101 Å². The van der Waals surface area contributed by atoms with Crippen molar-refractivity contribution in [3.8, 4) is 0 Å². The van der Waals surface area contributed by atoms with Gasteiger partial charge in [-0.05, 0) is 64.9 Å². The van der Waals surface area contributed by atoms with Gasteiger partial charge in [-0.1, -0.05) is 45.9 Å². The van der Waals surface area contributed by atoms with E-state index in [4.69, 9.17) is 14.0 Å². The molecule has 2 aliphatic rings. The van der Waals surface area contributed by atoms with Crippen LogP contribution in [0.15, 0.2) is 28.0 Å². The highest BCUT2D eigenvalue weighted by atomic mass is 16.6. The summed E-state index contributed by atoms with van der Waals surface area (Å²) in [6, 6.07) is -1.43. The molecule has 0 saturated carbocycles. The first kappa shape index (κ1) is 30.4. The Morgan fingerprint density at radius 3 is 2.46 bits per heavy atom. The third-order valence-electron chi connectivity index (χ3n) is 6.35. The second-order valence-corrected chi connectivity index (χ2v) is 12.7. The van der Waals surface area contributed by atoms with Crippen molar-refractivity contribution in [1.29, 1.82) is 0 Å². The van der Waals surface area contributed by atoms with E-state index in [2.05, 4.69) is 15.5 Å². The Morgan fingerprint density at radius 2 is 1.85 bits per heavy atom. The summed E-state index contributed by atoms with van der Waals surface area (Å²) in [5.74, 6) is 0.391. The molecule has 218 valence electrons. The molecule has 1 aromatic heterocycles. The number of hydrogen-bond acceptors (Lipinski definition) is 8. The van der Waals surface area contributed by atoms with Gasteiger partial charge in [-0.3, -0.25) is 9.59 Å². The summed E-state index contributed by atoms with van der Waals surface area (Å²) in [6.45, 7) is 15.8. The summed E-state index contributed by atoms with van der Waals surface area (Å²) in [5.41, 5.74) is -0.561. The molecule has 0 spiro atoms. The predicted molar refractivity (Wildman–Crippen MR) is 147 cm³/mol. The van der Waals surface area contributed by atoms with Gasteiger partial charge in [0, 0.05) is 13.4 Å². The summed E-state index contributed by atoms with van der Waals surface area (Å²) in [6.07, 6.45) is 6.77. The number of rotatable bonds is 9. The molecule has 0 aromatic carbocycles. The zero-order valence-corrected chi connectivity index (χ0v) is 24.6. The van der Waals surface area contributed by atoms with Crippen LogP contribution in [0.25, 0.3) is 0 Å².